The van der Waals surface area contributed by atoms with Gasteiger partial charge in [0, 0.05) is 64.3 Å². The Kier molecular flexibility index (Phi) is 5.52. The van der Waals surface area contributed by atoms with E-state index in [9.17, 15) is 4.79 Å². The van der Waals surface area contributed by atoms with Crippen LogP contribution in [-0.2, 0) is 14.3 Å². The number of ether oxygens (including phenoxy) is 2. The summed E-state index contributed by atoms with van der Waals surface area (Å²) in [5.74, 6) is 0.516. The van der Waals surface area contributed by atoms with Gasteiger partial charge in [-0.3, -0.25) is 14.7 Å². The molecule has 0 aromatic carbocycles. The van der Waals surface area contributed by atoms with Crippen molar-refractivity contribution in [1.82, 2.24) is 14.8 Å². The number of carbonyl (C=O) groups excluding carboxylic acids is 1. The Labute approximate surface area is 155 Å². The maximum absolute atomic E-state index is 12.7. The molecule has 4 rings (SSSR count). The van der Waals surface area contributed by atoms with Gasteiger partial charge in [-0.25, -0.2) is 0 Å². The average molecular weight is 359 g/mol. The van der Waals surface area contributed by atoms with Crippen LogP contribution in [0.4, 0.5) is 0 Å². The molecule has 3 fully saturated rings. The van der Waals surface area contributed by atoms with Crippen LogP contribution in [0.3, 0.4) is 0 Å². The molecule has 0 spiro atoms. The quantitative estimate of drug-likeness (QED) is 0.821. The number of rotatable bonds is 4. The number of carbonyl (C=O) groups is 1. The van der Waals surface area contributed by atoms with Gasteiger partial charge in [-0.1, -0.05) is 0 Å². The number of piperidine rings is 1. The average Bonchev–Trinajstić information content (AvgIpc) is 2.69. The molecule has 3 aliphatic rings. The van der Waals surface area contributed by atoms with E-state index >= 15 is 0 Å². The molecule has 1 aromatic rings. The maximum Gasteiger partial charge on any atom is 0.225 e. The minimum absolute atomic E-state index is 0.173. The first kappa shape index (κ1) is 17.9. The van der Waals surface area contributed by atoms with Crippen molar-refractivity contribution >= 4 is 5.91 Å². The number of methoxy groups -OCH3 is 1. The molecular formula is C20H29N3O3. The molecule has 4 heterocycles. The number of likely N-dealkylation sites (tertiary alicyclic amines) is 2. The first-order valence-electron chi connectivity index (χ1n) is 9.83. The fraction of sp³-hybridized carbons (Fsp3) is 0.700. The number of hydrogen-bond acceptors (Lipinski definition) is 5. The van der Waals surface area contributed by atoms with Gasteiger partial charge >= 0.3 is 0 Å². The van der Waals surface area contributed by atoms with Gasteiger partial charge < -0.3 is 14.4 Å². The normalized spacial score (nSPS) is 28.7. The SMILES string of the molecule is CO[C@H]1CN(C2CCN(C(=O)C3CCOCC3)CC2)[C@H]1c1ccncc1. The van der Waals surface area contributed by atoms with E-state index in [1.807, 2.05) is 12.4 Å². The van der Waals surface area contributed by atoms with Crippen molar-refractivity contribution in [2.75, 3.05) is 40.0 Å². The zero-order valence-corrected chi connectivity index (χ0v) is 15.5. The number of aromatic nitrogens is 1. The topological polar surface area (TPSA) is 54.9 Å². The van der Waals surface area contributed by atoms with Crippen molar-refractivity contribution < 1.29 is 14.3 Å². The van der Waals surface area contributed by atoms with Crippen LogP contribution in [0.25, 0.3) is 0 Å². The fourth-order valence-electron chi connectivity index (χ4n) is 4.66. The van der Waals surface area contributed by atoms with E-state index in [1.54, 1.807) is 7.11 Å². The van der Waals surface area contributed by atoms with Gasteiger partial charge in [-0.05, 0) is 43.4 Å². The van der Waals surface area contributed by atoms with Crippen molar-refractivity contribution in [2.45, 2.75) is 43.9 Å². The molecular weight excluding hydrogens is 330 g/mol. The summed E-state index contributed by atoms with van der Waals surface area (Å²) in [5, 5.41) is 0. The van der Waals surface area contributed by atoms with E-state index in [-0.39, 0.29) is 12.0 Å². The lowest BCUT2D eigenvalue weighted by atomic mass is 9.87. The first-order valence-corrected chi connectivity index (χ1v) is 9.83. The number of nitrogens with zero attached hydrogens (tertiary/aromatic N) is 3. The molecule has 1 amide bonds. The van der Waals surface area contributed by atoms with Crippen molar-refractivity contribution in [3.63, 3.8) is 0 Å². The van der Waals surface area contributed by atoms with Crippen LogP contribution in [0.2, 0.25) is 0 Å². The third kappa shape index (κ3) is 3.50. The standard InChI is InChI=1S/C20H29N3O3/c1-25-18-14-23(19(18)15-2-8-21-9-3-15)17-4-10-22(11-5-17)20(24)16-6-12-26-13-7-16/h2-3,8-9,16-19H,4-7,10-14H2,1H3/t18-,19-/m0/s1. The Morgan fingerprint density at radius 1 is 1.15 bits per heavy atom. The van der Waals surface area contributed by atoms with Crippen LogP contribution < -0.4 is 0 Å². The third-order valence-corrected chi connectivity index (χ3v) is 6.27. The van der Waals surface area contributed by atoms with E-state index in [2.05, 4.69) is 26.9 Å². The second kappa shape index (κ2) is 8.03. The fourth-order valence-corrected chi connectivity index (χ4v) is 4.66. The van der Waals surface area contributed by atoms with Crippen LogP contribution in [0.1, 0.15) is 37.3 Å². The number of amides is 1. The summed E-state index contributed by atoms with van der Waals surface area (Å²) in [4.78, 5) is 21.5. The van der Waals surface area contributed by atoms with Gasteiger partial charge in [-0.15, -0.1) is 0 Å². The van der Waals surface area contributed by atoms with Gasteiger partial charge in [0.2, 0.25) is 5.91 Å². The van der Waals surface area contributed by atoms with Gasteiger partial charge in [-0.2, -0.15) is 0 Å². The predicted octanol–water partition coefficient (Wildman–Crippen LogP) is 1.87. The van der Waals surface area contributed by atoms with Crippen molar-refractivity contribution in [3.05, 3.63) is 30.1 Å². The number of pyridine rings is 1. The van der Waals surface area contributed by atoms with Crippen LogP contribution in [-0.4, -0.2) is 72.8 Å². The minimum Gasteiger partial charge on any atom is -0.381 e. The highest BCUT2D eigenvalue weighted by Crippen LogP contribution is 2.39. The zero-order valence-electron chi connectivity index (χ0n) is 15.5. The van der Waals surface area contributed by atoms with Crippen molar-refractivity contribution in [1.29, 1.82) is 0 Å². The maximum atomic E-state index is 12.7. The molecule has 6 nitrogen and oxygen atoms in total. The van der Waals surface area contributed by atoms with E-state index in [1.165, 1.54) is 5.56 Å². The summed E-state index contributed by atoms with van der Waals surface area (Å²) >= 11 is 0. The second-order valence-corrected chi connectivity index (χ2v) is 7.64. The molecule has 0 bridgehead atoms. The highest BCUT2D eigenvalue weighted by atomic mass is 16.5. The largest absolute Gasteiger partial charge is 0.381 e. The molecule has 3 saturated heterocycles. The Morgan fingerprint density at radius 2 is 1.85 bits per heavy atom. The zero-order chi connectivity index (χ0) is 17.9. The van der Waals surface area contributed by atoms with E-state index in [0.29, 0.717) is 18.0 Å². The Balaban J connectivity index is 1.35. The van der Waals surface area contributed by atoms with Gasteiger partial charge in [0.15, 0.2) is 0 Å². The van der Waals surface area contributed by atoms with Gasteiger partial charge in [0.25, 0.3) is 0 Å². The van der Waals surface area contributed by atoms with E-state index in [4.69, 9.17) is 9.47 Å². The monoisotopic (exact) mass is 359 g/mol. The minimum atomic E-state index is 0.173. The lowest BCUT2D eigenvalue weighted by Gasteiger charge is -2.53. The summed E-state index contributed by atoms with van der Waals surface area (Å²) in [6.07, 6.45) is 7.82. The molecule has 26 heavy (non-hydrogen) atoms. The molecule has 0 radical (unpaired) electrons. The van der Waals surface area contributed by atoms with E-state index in [0.717, 1.165) is 58.5 Å². The molecule has 3 aliphatic heterocycles. The Hall–Kier alpha value is -1.50. The summed E-state index contributed by atoms with van der Waals surface area (Å²) in [7, 11) is 1.80. The lowest BCUT2D eigenvalue weighted by molar-refractivity contribution is -0.144. The van der Waals surface area contributed by atoms with Crippen molar-refractivity contribution in [2.24, 2.45) is 5.92 Å². The molecule has 2 atom stereocenters. The van der Waals surface area contributed by atoms with Gasteiger partial charge in [0.05, 0.1) is 12.1 Å². The summed E-state index contributed by atoms with van der Waals surface area (Å²) in [6.45, 7) is 4.18. The highest BCUT2D eigenvalue weighted by molar-refractivity contribution is 5.79. The Morgan fingerprint density at radius 3 is 2.50 bits per heavy atom. The molecule has 0 N–H and O–H groups in total. The molecule has 6 heteroatoms. The smallest absolute Gasteiger partial charge is 0.225 e. The predicted molar refractivity (Wildman–Crippen MR) is 97.6 cm³/mol. The number of hydrogen-bond donors (Lipinski definition) is 0. The third-order valence-electron chi connectivity index (χ3n) is 6.27. The van der Waals surface area contributed by atoms with Crippen LogP contribution >= 0.6 is 0 Å². The van der Waals surface area contributed by atoms with Crippen molar-refractivity contribution in [3.8, 4) is 0 Å². The van der Waals surface area contributed by atoms with Crippen LogP contribution in [0.5, 0.6) is 0 Å². The second-order valence-electron chi connectivity index (χ2n) is 7.64. The molecule has 0 unspecified atom stereocenters. The molecule has 0 saturated carbocycles. The lowest BCUT2D eigenvalue weighted by Crippen LogP contribution is -2.60. The highest BCUT2D eigenvalue weighted by Gasteiger charge is 2.44. The summed E-state index contributed by atoms with van der Waals surface area (Å²) in [5.41, 5.74) is 1.28. The van der Waals surface area contributed by atoms with E-state index < -0.39 is 0 Å². The van der Waals surface area contributed by atoms with Crippen LogP contribution in [0, 0.1) is 5.92 Å². The Bertz CT molecular complexity index is 598. The van der Waals surface area contributed by atoms with Gasteiger partial charge in [0.1, 0.15) is 0 Å². The molecule has 1 aromatic heterocycles. The summed E-state index contributed by atoms with van der Waals surface area (Å²) in [6, 6.07) is 5.02. The molecule has 142 valence electrons. The summed E-state index contributed by atoms with van der Waals surface area (Å²) < 4.78 is 11.1. The molecule has 0 aliphatic carbocycles. The van der Waals surface area contributed by atoms with Crippen LogP contribution in [0.15, 0.2) is 24.5 Å². The first-order chi connectivity index (χ1) is 12.8.